The number of hydrogen-bond acceptors (Lipinski definition) is 4. The smallest absolute Gasteiger partial charge is 0.138 e. The van der Waals surface area contributed by atoms with Gasteiger partial charge >= 0.3 is 0 Å². The van der Waals surface area contributed by atoms with Gasteiger partial charge in [-0.05, 0) is 33.7 Å². The maximum Gasteiger partial charge on any atom is 0.138 e. The predicted molar refractivity (Wildman–Crippen MR) is 77.1 cm³/mol. The molecule has 0 aliphatic rings. The van der Waals surface area contributed by atoms with Gasteiger partial charge in [-0.1, -0.05) is 13.8 Å². The van der Waals surface area contributed by atoms with Crippen LogP contribution in [0.15, 0.2) is 6.33 Å². The molecule has 0 radical (unpaired) electrons. The van der Waals surface area contributed by atoms with Crippen LogP contribution in [0.3, 0.4) is 0 Å². The zero-order valence-electron chi connectivity index (χ0n) is 13.1. The van der Waals surface area contributed by atoms with Crippen molar-refractivity contribution in [3.05, 3.63) is 12.2 Å². The lowest BCUT2D eigenvalue weighted by Crippen LogP contribution is -2.49. The number of hydrogen-bond donors (Lipinski definition) is 1. The first-order valence-electron chi connectivity index (χ1n) is 7.08. The van der Waals surface area contributed by atoms with E-state index in [9.17, 15) is 0 Å². The predicted octanol–water partition coefficient (Wildman–Crippen LogP) is 1.88. The summed E-state index contributed by atoms with van der Waals surface area (Å²) in [5.74, 6) is 1.58. The topological polar surface area (TPSA) is 52.0 Å². The van der Waals surface area contributed by atoms with E-state index in [1.165, 1.54) is 0 Å². The van der Waals surface area contributed by atoms with Gasteiger partial charge in [-0.25, -0.2) is 9.67 Å². The Labute approximate surface area is 116 Å². The number of nitrogens with zero attached hydrogens (tertiary/aromatic N) is 3. The van der Waals surface area contributed by atoms with Crippen molar-refractivity contribution in [2.75, 3.05) is 13.7 Å². The highest BCUT2D eigenvalue weighted by Crippen LogP contribution is 2.18. The van der Waals surface area contributed by atoms with Gasteiger partial charge in [0.15, 0.2) is 0 Å². The van der Waals surface area contributed by atoms with Crippen molar-refractivity contribution < 1.29 is 4.74 Å². The summed E-state index contributed by atoms with van der Waals surface area (Å²) in [5.41, 5.74) is -0.224. The molecule has 1 aromatic rings. The minimum Gasteiger partial charge on any atom is -0.374 e. The summed E-state index contributed by atoms with van der Waals surface area (Å²) in [7, 11) is 1.97. The Morgan fingerprint density at radius 2 is 2.11 bits per heavy atom. The Morgan fingerprint density at radius 3 is 2.63 bits per heavy atom. The highest BCUT2D eigenvalue weighted by Gasteiger charge is 2.30. The molecule has 5 heteroatoms. The van der Waals surface area contributed by atoms with Gasteiger partial charge in [0, 0.05) is 25.6 Å². The minimum atomic E-state index is -0.224. The molecule has 1 rings (SSSR count). The minimum absolute atomic E-state index is 0.211. The Bertz CT molecular complexity index is 373. The lowest BCUT2D eigenvalue weighted by atomic mass is 9.95. The maximum absolute atomic E-state index is 5.83. The lowest BCUT2D eigenvalue weighted by Gasteiger charge is -2.33. The van der Waals surface area contributed by atoms with Crippen LogP contribution in [0.25, 0.3) is 0 Å². The summed E-state index contributed by atoms with van der Waals surface area (Å²) >= 11 is 0. The Kier molecular flexibility index (Phi) is 5.94. The standard InChI is InChI=1S/C14H28N4O/c1-7-19-14(4,5)12(15-6)8-13-16-10-17-18(13)9-11(2)3/h10-12,15H,7-9H2,1-6H3. The van der Waals surface area contributed by atoms with Crippen molar-refractivity contribution in [2.45, 2.75) is 59.2 Å². The van der Waals surface area contributed by atoms with Gasteiger partial charge in [-0.15, -0.1) is 0 Å². The fraction of sp³-hybridized carbons (Fsp3) is 0.857. The first-order valence-corrected chi connectivity index (χ1v) is 7.08. The number of nitrogens with one attached hydrogen (secondary N) is 1. The second kappa shape index (κ2) is 7.01. The van der Waals surface area contributed by atoms with Gasteiger partial charge in [0.1, 0.15) is 12.2 Å². The third-order valence-electron chi connectivity index (χ3n) is 3.32. The van der Waals surface area contributed by atoms with E-state index in [1.54, 1.807) is 6.33 Å². The second-order valence-electron chi connectivity index (χ2n) is 5.83. The van der Waals surface area contributed by atoms with E-state index < -0.39 is 0 Å². The van der Waals surface area contributed by atoms with E-state index in [0.29, 0.717) is 12.5 Å². The van der Waals surface area contributed by atoms with Crippen molar-refractivity contribution in [3.63, 3.8) is 0 Å². The molecule has 1 aromatic heterocycles. The maximum atomic E-state index is 5.83. The summed E-state index contributed by atoms with van der Waals surface area (Å²) in [6.45, 7) is 12.2. The van der Waals surface area contributed by atoms with E-state index in [1.807, 2.05) is 18.7 Å². The van der Waals surface area contributed by atoms with Crippen LogP contribution in [-0.4, -0.2) is 40.1 Å². The molecule has 1 atom stereocenters. The molecule has 1 N–H and O–H groups in total. The Morgan fingerprint density at radius 1 is 1.42 bits per heavy atom. The lowest BCUT2D eigenvalue weighted by molar-refractivity contribution is -0.0369. The van der Waals surface area contributed by atoms with Crippen LogP contribution < -0.4 is 5.32 Å². The van der Waals surface area contributed by atoms with Crippen molar-refractivity contribution >= 4 is 0 Å². The molecular weight excluding hydrogens is 240 g/mol. The molecule has 0 spiro atoms. The van der Waals surface area contributed by atoms with Crippen LogP contribution >= 0.6 is 0 Å². The van der Waals surface area contributed by atoms with Crippen LogP contribution in [0.2, 0.25) is 0 Å². The van der Waals surface area contributed by atoms with Crippen LogP contribution in [0.4, 0.5) is 0 Å². The van der Waals surface area contributed by atoms with E-state index in [2.05, 4.69) is 43.1 Å². The van der Waals surface area contributed by atoms with E-state index in [0.717, 1.165) is 18.8 Å². The van der Waals surface area contributed by atoms with Crippen molar-refractivity contribution in [1.29, 1.82) is 0 Å². The molecule has 0 fully saturated rings. The third kappa shape index (κ3) is 4.58. The third-order valence-corrected chi connectivity index (χ3v) is 3.32. The van der Waals surface area contributed by atoms with Crippen molar-refractivity contribution in [3.8, 4) is 0 Å². The van der Waals surface area contributed by atoms with E-state index in [-0.39, 0.29) is 11.6 Å². The fourth-order valence-corrected chi connectivity index (χ4v) is 2.30. The molecule has 0 aromatic carbocycles. The van der Waals surface area contributed by atoms with Crippen LogP contribution in [0.1, 0.15) is 40.4 Å². The second-order valence-corrected chi connectivity index (χ2v) is 5.83. The van der Waals surface area contributed by atoms with Crippen molar-refractivity contribution in [1.82, 2.24) is 20.1 Å². The molecular formula is C14H28N4O. The molecule has 0 aliphatic heterocycles. The highest BCUT2D eigenvalue weighted by molar-refractivity contribution is 4.96. The quantitative estimate of drug-likeness (QED) is 0.782. The fourth-order valence-electron chi connectivity index (χ4n) is 2.30. The average molecular weight is 268 g/mol. The molecule has 0 bridgehead atoms. The van der Waals surface area contributed by atoms with Crippen LogP contribution in [0, 0.1) is 5.92 Å². The molecule has 1 heterocycles. The van der Waals surface area contributed by atoms with Gasteiger partial charge in [0.25, 0.3) is 0 Å². The SMILES string of the molecule is CCOC(C)(C)C(Cc1ncnn1CC(C)C)NC. The summed E-state index contributed by atoms with van der Waals surface area (Å²) in [4.78, 5) is 4.39. The van der Waals surface area contributed by atoms with Gasteiger partial charge in [0.05, 0.1) is 5.60 Å². The zero-order chi connectivity index (χ0) is 14.5. The number of aromatic nitrogens is 3. The zero-order valence-corrected chi connectivity index (χ0v) is 13.1. The van der Waals surface area contributed by atoms with Gasteiger partial charge in [-0.2, -0.15) is 5.10 Å². The van der Waals surface area contributed by atoms with E-state index in [4.69, 9.17) is 4.74 Å². The molecule has 0 saturated carbocycles. The molecule has 0 saturated heterocycles. The van der Waals surface area contributed by atoms with Gasteiger partial charge in [0.2, 0.25) is 0 Å². The molecule has 110 valence electrons. The first kappa shape index (κ1) is 16.1. The monoisotopic (exact) mass is 268 g/mol. The van der Waals surface area contributed by atoms with Crippen LogP contribution in [0.5, 0.6) is 0 Å². The molecule has 0 aliphatic carbocycles. The number of rotatable bonds is 8. The van der Waals surface area contributed by atoms with Crippen molar-refractivity contribution in [2.24, 2.45) is 5.92 Å². The summed E-state index contributed by atoms with van der Waals surface area (Å²) < 4.78 is 7.83. The largest absolute Gasteiger partial charge is 0.374 e. The number of ether oxygens (including phenoxy) is 1. The summed E-state index contributed by atoms with van der Waals surface area (Å²) in [5, 5.41) is 7.65. The first-order chi connectivity index (χ1) is 8.90. The highest BCUT2D eigenvalue weighted by atomic mass is 16.5. The molecule has 19 heavy (non-hydrogen) atoms. The summed E-state index contributed by atoms with van der Waals surface area (Å²) in [6.07, 6.45) is 2.45. The Hall–Kier alpha value is -0.940. The van der Waals surface area contributed by atoms with Gasteiger partial charge < -0.3 is 10.1 Å². The van der Waals surface area contributed by atoms with Crippen LogP contribution in [-0.2, 0) is 17.7 Å². The Balaban J connectivity index is 2.78. The number of likely N-dealkylation sites (N-methyl/N-ethyl adjacent to an activating group) is 1. The average Bonchev–Trinajstić information content (AvgIpc) is 2.72. The van der Waals surface area contributed by atoms with E-state index >= 15 is 0 Å². The molecule has 1 unspecified atom stereocenters. The normalized spacial score (nSPS) is 14.1. The summed E-state index contributed by atoms with van der Waals surface area (Å²) in [6, 6.07) is 0.211. The molecule has 0 amide bonds. The molecule has 5 nitrogen and oxygen atoms in total. The van der Waals surface area contributed by atoms with Gasteiger partial charge in [-0.3, -0.25) is 0 Å².